The summed E-state index contributed by atoms with van der Waals surface area (Å²) >= 11 is 0. The third-order valence-electron chi connectivity index (χ3n) is 13.7. The predicted molar refractivity (Wildman–Crippen MR) is 286 cm³/mol. The Morgan fingerprint density at radius 2 is 0.836 bits per heavy atom. The quantitative estimate of drug-likeness (QED) is 0.141. The van der Waals surface area contributed by atoms with Gasteiger partial charge in [-0.3, -0.25) is 0 Å². The minimum absolute atomic E-state index is 1.00. The van der Waals surface area contributed by atoms with Gasteiger partial charge in [0.2, 0.25) is 0 Å². The third-order valence-corrected chi connectivity index (χ3v) is 13.7. The van der Waals surface area contributed by atoms with Crippen LogP contribution in [0.3, 0.4) is 0 Å². The normalized spacial score (nSPS) is 12.7. The minimum atomic E-state index is 1.00. The number of aromatic nitrogens is 1. The molecule has 1 aliphatic rings. The first-order chi connectivity index (χ1) is 33.2. The van der Waals surface area contributed by atoms with Gasteiger partial charge in [0.05, 0.1) is 16.7 Å². The summed E-state index contributed by atoms with van der Waals surface area (Å²) in [6.45, 7) is 0. The van der Waals surface area contributed by atoms with E-state index in [0.717, 1.165) is 47.0 Å². The topological polar surface area (TPSA) is 11.4 Å². The van der Waals surface area contributed by atoms with Crippen molar-refractivity contribution in [2.24, 2.45) is 0 Å². The second-order valence-electron chi connectivity index (χ2n) is 17.6. The largest absolute Gasteiger partial charge is 0.311 e. The average molecular weight is 856 g/mol. The van der Waals surface area contributed by atoms with E-state index < -0.39 is 0 Å². The summed E-state index contributed by atoms with van der Waals surface area (Å²) in [5, 5.41) is 12.1. The lowest BCUT2D eigenvalue weighted by Gasteiger charge is -2.29. The fraction of sp³-hybridized carbons (Fsp3) is 0.0312. The number of hydrogen-bond acceptors (Lipinski definition) is 2. The maximum absolute atomic E-state index is 2.53. The van der Waals surface area contributed by atoms with E-state index in [1.54, 1.807) is 0 Å². The number of para-hydroxylation sites is 3. The summed E-state index contributed by atoms with van der Waals surface area (Å²) in [6, 6.07) is 84.8. The number of fused-ring (bicyclic) bond motifs is 7. The van der Waals surface area contributed by atoms with Gasteiger partial charge in [-0.2, -0.15) is 0 Å². The van der Waals surface area contributed by atoms with E-state index in [1.165, 1.54) is 81.7 Å². The van der Waals surface area contributed by atoms with Crippen LogP contribution < -0.4 is 9.80 Å². The van der Waals surface area contributed by atoms with Gasteiger partial charge in [-0.1, -0.05) is 170 Å². The Hall–Kier alpha value is -8.66. The van der Waals surface area contributed by atoms with Crippen LogP contribution in [0.15, 0.2) is 254 Å². The molecule has 1 aliphatic carbocycles. The van der Waals surface area contributed by atoms with Crippen molar-refractivity contribution >= 4 is 93.3 Å². The van der Waals surface area contributed by atoms with Crippen LogP contribution in [0.4, 0.5) is 28.4 Å². The lowest BCUT2D eigenvalue weighted by Crippen LogP contribution is -2.16. The zero-order valence-electron chi connectivity index (χ0n) is 36.9. The molecule has 316 valence electrons. The van der Waals surface area contributed by atoms with Crippen molar-refractivity contribution in [3.05, 3.63) is 254 Å². The highest BCUT2D eigenvalue weighted by atomic mass is 15.2. The van der Waals surface area contributed by atoms with Gasteiger partial charge >= 0.3 is 0 Å². The van der Waals surface area contributed by atoms with E-state index in [-0.39, 0.29) is 0 Å². The summed E-state index contributed by atoms with van der Waals surface area (Å²) in [7, 11) is 0. The van der Waals surface area contributed by atoms with Crippen molar-refractivity contribution in [1.82, 2.24) is 4.57 Å². The van der Waals surface area contributed by atoms with E-state index in [0.29, 0.717) is 0 Å². The second kappa shape index (κ2) is 16.1. The van der Waals surface area contributed by atoms with Crippen LogP contribution in [0, 0.1) is 0 Å². The van der Waals surface area contributed by atoms with Crippen molar-refractivity contribution in [1.29, 1.82) is 0 Å². The van der Waals surface area contributed by atoms with E-state index in [2.05, 4.69) is 263 Å². The summed E-state index contributed by atoms with van der Waals surface area (Å²) < 4.78 is 2.53. The molecule has 11 aromatic carbocycles. The summed E-state index contributed by atoms with van der Waals surface area (Å²) in [5.41, 5.74) is 12.7. The van der Waals surface area contributed by atoms with Gasteiger partial charge in [-0.15, -0.1) is 0 Å². The van der Waals surface area contributed by atoms with Gasteiger partial charge in [0.25, 0.3) is 0 Å². The molecular formula is C64H45N3. The van der Waals surface area contributed by atoms with Crippen molar-refractivity contribution in [3.63, 3.8) is 0 Å². The van der Waals surface area contributed by atoms with Crippen LogP contribution in [-0.4, -0.2) is 4.57 Å². The highest BCUT2D eigenvalue weighted by Crippen LogP contribution is 2.48. The van der Waals surface area contributed by atoms with Gasteiger partial charge in [-0.05, 0) is 135 Å². The highest BCUT2D eigenvalue weighted by Gasteiger charge is 2.24. The number of hydrogen-bond donors (Lipinski definition) is 0. The van der Waals surface area contributed by atoms with Crippen molar-refractivity contribution < 1.29 is 0 Å². The first-order valence-corrected chi connectivity index (χ1v) is 23.3. The van der Waals surface area contributed by atoms with Gasteiger partial charge in [0.1, 0.15) is 0 Å². The summed E-state index contributed by atoms with van der Waals surface area (Å²) in [4.78, 5) is 4.86. The Morgan fingerprint density at radius 3 is 1.48 bits per heavy atom. The molecule has 0 saturated heterocycles. The Bertz CT molecular complexity index is 3880. The molecule has 0 amide bonds. The Balaban J connectivity index is 1.15. The first kappa shape index (κ1) is 38.8. The number of benzene rings is 11. The van der Waals surface area contributed by atoms with Crippen LogP contribution in [0.1, 0.15) is 12.8 Å². The van der Waals surface area contributed by atoms with Crippen molar-refractivity contribution in [3.8, 4) is 16.8 Å². The number of rotatable bonds is 8. The molecule has 0 saturated carbocycles. The zero-order chi connectivity index (χ0) is 44.3. The average Bonchev–Trinajstić information content (AvgIpc) is 3.72. The zero-order valence-corrected chi connectivity index (χ0v) is 36.9. The van der Waals surface area contributed by atoms with Crippen LogP contribution in [-0.2, 0) is 0 Å². The molecule has 13 rings (SSSR count). The molecule has 0 bridgehead atoms. The van der Waals surface area contributed by atoms with Gasteiger partial charge in [0, 0.05) is 55.7 Å². The lowest BCUT2D eigenvalue weighted by atomic mass is 9.89. The molecule has 0 atom stereocenters. The molecule has 0 spiro atoms. The number of nitrogens with zero attached hydrogens (tertiary/aromatic N) is 3. The SMILES string of the molecule is C1=CC(N(c2ccc3ccccc3c2)c2ccc3c(-n4c5ccccc5c5ccccc54)c4cc(N(c5ccccc5)c5ccc6ccccc6c5)ccc4c(-c4ccccc4)c3c2)=CCC1. The molecule has 3 heteroatoms. The van der Waals surface area contributed by atoms with E-state index >= 15 is 0 Å². The maximum atomic E-state index is 2.53. The van der Waals surface area contributed by atoms with Crippen LogP contribution >= 0.6 is 0 Å². The number of allylic oxidation sites excluding steroid dienone is 3. The standard InChI is InChI=1S/C64H45N3/c1-4-20-46(21-5-1)63-57-38-36-54(66(50-26-8-3-9-27-50)52-35-33-45-19-11-13-23-48(45)41-52)43-60(57)64(67-61-30-16-14-28-55(61)56-29-15-17-31-62(56)67)58-39-37-53(42-59(58)63)65(49-24-6-2-7-25-49)51-34-32-44-18-10-12-22-47(44)40-51/h1,3-6,8-43H,2,7H2. The van der Waals surface area contributed by atoms with Gasteiger partial charge < -0.3 is 14.4 Å². The molecule has 3 nitrogen and oxygen atoms in total. The maximum Gasteiger partial charge on any atom is 0.0620 e. The minimum Gasteiger partial charge on any atom is -0.311 e. The van der Waals surface area contributed by atoms with Gasteiger partial charge in [0.15, 0.2) is 0 Å². The smallest absolute Gasteiger partial charge is 0.0620 e. The monoisotopic (exact) mass is 855 g/mol. The molecule has 0 aliphatic heterocycles. The van der Waals surface area contributed by atoms with E-state index in [1.807, 2.05) is 0 Å². The fourth-order valence-electron chi connectivity index (χ4n) is 10.6. The van der Waals surface area contributed by atoms with Crippen LogP contribution in [0.2, 0.25) is 0 Å². The second-order valence-corrected chi connectivity index (χ2v) is 17.6. The number of anilines is 5. The summed E-state index contributed by atoms with van der Waals surface area (Å²) in [5.74, 6) is 0. The van der Waals surface area contributed by atoms with E-state index in [4.69, 9.17) is 0 Å². The molecular weight excluding hydrogens is 811 g/mol. The Labute approximate surface area is 390 Å². The molecule has 0 radical (unpaired) electrons. The summed E-state index contributed by atoms with van der Waals surface area (Å²) in [6.07, 6.45) is 9.03. The Morgan fingerprint density at radius 1 is 0.328 bits per heavy atom. The first-order valence-electron chi connectivity index (χ1n) is 23.3. The van der Waals surface area contributed by atoms with Crippen molar-refractivity contribution in [2.75, 3.05) is 9.80 Å². The molecule has 0 fully saturated rings. The predicted octanol–water partition coefficient (Wildman–Crippen LogP) is 17.9. The van der Waals surface area contributed by atoms with Crippen molar-refractivity contribution in [2.45, 2.75) is 12.8 Å². The molecule has 12 aromatic rings. The molecule has 1 heterocycles. The lowest BCUT2D eigenvalue weighted by molar-refractivity contribution is 0.998. The van der Waals surface area contributed by atoms with Crippen LogP contribution in [0.5, 0.6) is 0 Å². The molecule has 1 aromatic heterocycles. The van der Waals surface area contributed by atoms with Gasteiger partial charge in [-0.25, -0.2) is 0 Å². The van der Waals surface area contributed by atoms with E-state index in [9.17, 15) is 0 Å². The molecule has 0 unspecified atom stereocenters. The van der Waals surface area contributed by atoms with Crippen LogP contribution in [0.25, 0.3) is 81.7 Å². The molecule has 67 heavy (non-hydrogen) atoms. The molecule has 0 N–H and O–H groups in total. The fourth-order valence-corrected chi connectivity index (χ4v) is 10.6. The Kier molecular flexibility index (Phi) is 9.31. The third kappa shape index (κ3) is 6.58. The highest BCUT2D eigenvalue weighted by molar-refractivity contribution is 6.22.